The number of rotatable bonds is 8. The zero-order valence-corrected chi connectivity index (χ0v) is 24.5. The Bertz CT molecular complexity index is 1360. The molecule has 4 unspecified atom stereocenters. The number of benzene rings is 4. The number of fused-ring (bicyclic) bond motifs is 2. The lowest BCUT2D eigenvalue weighted by atomic mass is 9.81. The van der Waals surface area contributed by atoms with Crippen molar-refractivity contribution in [2.75, 3.05) is 12.3 Å². The first-order valence-corrected chi connectivity index (χ1v) is 17.0. The highest BCUT2D eigenvalue weighted by Crippen LogP contribution is 2.58. The average molecular weight is 637 g/mol. The van der Waals surface area contributed by atoms with E-state index < -0.39 is 62.4 Å². The van der Waals surface area contributed by atoms with Gasteiger partial charge in [0.1, 0.15) is 46.5 Å². The van der Waals surface area contributed by atoms with Crippen LogP contribution in [0.3, 0.4) is 0 Å². The van der Waals surface area contributed by atoms with Crippen LogP contribution in [-0.4, -0.2) is 12.3 Å². The van der Waals surface area contributed by atoms with Gasteiger partial charge in [-0.15, -0.1) is 0 Å². The van der Waals surface area contributed by atoms with Crippen LogP contribution in [0.15, 0.2) is 72.8 Å². The molecule has 2 fully saturated rings. The van der Waals surface area contributed by atoms with Crippen molar-refractivity contribution in [3.63, 3.8) is 0 Å². The molecule has 224 valence electrons. The molecule has 0 aliphatic heterocycles. The quantitative estimate of drug-likeness (QED) is 0.136. The monoisotopic (exact) mass is 636 g/mol. The standard InChI is InChI=1S/C33H26F8P2/c34-20-4-21(35)9-28(8-20)42(29-10-22(36)5-23(37)11-29)16-32-18-1-2-19(3-18)33(32)17-43(30-12-24(38)6-25(39)13-30)31-14-26(40)7-27(41)15-31/h4-15,18-19,32-33H,1-3,16-17H2. The number of hydrogen-bond donors (Lipinski definition) is 0. The summed E-state index contributed by atoms with van der Waals surface area (Å²) >= 11 is 0. The molecule has 0 radical (unpaired) electrons. The second-order valence-electron chi connectivity index (χ2n) is 11.4. The molecule has 2 saturated carbocycles. The van der Waals surface area contributed by atoms with Gasteiger partial charge in [0.05, 0.1) is 0 Å². The topological polar surface area (TPSA) is 0 Å². The molecule has 2 bridgehead atoms. The van der Waals surface area contributed by atoms with Crippen molar-refractivity contribution in [3.8, 4) is 0 Å². The van der Waals surface area contributed by atoms with E-state index in [0.717, 1.165) is 43.5 Å². The van der Waals surface area contributed by atoms with Gasteiger partial charge in [0.25, 0.3) is 0 Å². The summed E-state index contributed by atoms with van der Waals surface area (Å²) in [5, 5.41) is 1.22. The highest BCUT2D eigenvalue weighted by Gasteiger charge is 2.49. The Labute approximate surface area is 246 Å². The summed E-state index contributed by atoms with van der Waals surface area (Å²) in [6, 6.07) is 12.5. The molecule has 2 aliphatic rings. The third kappa shape index (κ3) is 6.66. The van der Waals surface area contributed by atoms with Crippen LogP contribution in [0.4, 0.5) is 35.1 Å². The molecular weight excluding hydrogens is 610 g/mol. The van der Waals surface area contributed by atoms with Crippen molar-refractivity contribution in [1.82, 2.24) is 0 Å². The third-order valence-electron chi connectivity index (χ3n) is 8.70. The van der Waals surface area contributed by atoms with E-state index >= 15 is 0 Å². The molecule has 0 heterocycles. The van der Waals surface area contributed by atoms with Gasteiger partial charge in [0.2, 0.25) is 0 Å². The van der Waals surface area contributed by atoms with Crippen molar-refractivity contribution in [1.29, 1.82) is 0 Å². The van der Waals surface area contributed by atoms with E-state index in [-0.39, 0.29) is 23.7 Å². The highest BCUT2D eigenvalue weighted by molar-refractivity contribution is 7.73. The van der Waals surface area contributed by atoms with Gasteiger partial charge in [-0.25, -0.2) is 35.1 Å². The fourth-order valence-electron chi connectivity index (χ4n) is 7.02. The van der Waals surface area contributed by atoms with Gasteiger partial charge >= 0.3 is 0 Å². The second kappa shape index (κ2) is 12.3. The van der Waals surface area contributed by atoms with Gasteiger partial charge in [-0.1, -0.05) is 0 Å². The van der Waals surface area contributed by atoms with Crippen LogP contribution >= 0.6 is 15.8 Å². The molecule has 0 saturated heterocycles. The summed E-state index contributed by atoms with van der Waals surface area (Å²) in [7, 11) is -3.22. The van der Waals surface area contributed by atoms with Crippen molar-refractivity contribution in [2.24, 2.45) is 23.7 Å². The lowest BCUT2D eigenvalue weighted by Gasteiger charge is -2.36. The SMILES string of the molecule is Fc1cc(F)cc(P(CC2C3CCC(C3)C2CP(c2cc(F)cc(F)c2)c2cc(F)cc(F)c2)c2cc(F)cc(F)c2)c1. The first-order chi connectivity index (χ1) is 20.5. The van der Waals surface area contributed by atoms with Gasteiger partial charge in [-0.2, -0.15) is 0 Å². The Hall–Kier alpha value is -2.82. The highest BCUT2D eigenvalue weighted by atomic mass is 31.1. The van der Waals surface area contributed by atoms with Gasteiger partial charge in [-0.05, 0) is 141 Å². The van der Waals surface area contributed by atoms with Gasteiger partial charge in [0, 0.05) is 24.3 Å². The molecule has 0 N–H and O–H groups in total. The maximum atomic E-state index is 14.4. The number of halogens is 8. The lowest BCUT2D eigenvalue weighted by molar-refractivity contribution is 0.267. The van der Waals surface area contributed by atoms with E-state index in [2.05, 4.69) is 0 Å². The Morgan fingerprint density at radius 3 is 0.860 bits per heavy atom. The third-order valence-corrected chi connectivity index (χ3v) is 13.8. The molecule has 0 spiro atoms. The second-order valence-corrected chi connectivity index (χ2v) is 15.9. The molecule has 4 aromatic carbocycles. The molecule has 0 nitrogen and oxygen atoms in total. The van der Waals surface area contributed by atoms with Crippen LogP contribution in [0.5, 0.6) is 0 Å². The molecule has 4 atom stereocenters. The molecule has 0 amide bonds. The Kier molecular flexibility index (Phi) is 8.63. The summed E-state index contributed by atoms with van der Waals surface area (Å²) < 4.78 is 115. The van der Waals surface area contributed by atoms with Crippen LogP contribution < -0.4 is 21.2 Å². The van der Waals surface area contributed by atoms with Gasteiger partial charge in [0.15, 0.2) is 0 Å². The van der Waals surface area contributed by atoms with Crippen LogP contribution in [0, 0.1) is 70.2 Å². The molecule has 0 aromatic heterocycles. The van der Waals surface area contributed by atoms with Crippen molar-refractivity contribution < 1.29 is 35.1 Å². The van der Waals surface area contributed by atoms with E-state index in [1.165, 1.54) is 48.5 Å². The molecular formula is C33H26F8P2. The predicted molar refractivity (Wildman–Crippen MR) is 155 cm³/mol. The summed E-state index contributed by atoms with van der Waals surface area (Å²) in [6.07, 6.45) is 3.44. The maximum absolute atomic E-state index is 14.4. The first kappa shape index (κ1) is 30.2. The minimum absolute atomic E-state index is 0.0515. The Balaban J connectivity index is 1.41. The zero-order valence-electron chi connectivity index (χ0n) is 22.7. The van der Waals surface area contributed by atoms with E-state index in [1.807, 2.05) is 0 Å². The van der Waals surface area contributed by atoms with E-state index in [0.29, 0.717) is 33.5 Å². The minimum Gasteiger partial charge on any atom is -0.207 e. The normalized spacial score (nSPS) is 21.3. The largest absolute Gasteiger partial charge is 0.207 e. The van der Waals surface area contributed by atoms with E-state index in [9.17, 15) is 35.1 Å². The predicted octanol–water partition coefficient (Wildman–Crippen LogP) is 8.03. The molecule has 10 heteroatoms. The lowest BCUT2D eigenvalue weighted by Crippen LogP contribution is -2.32. The van der Waals surface area contributed by atoms with Crippen LogP contribution in [0.25, 0.3) is 0 Å². The van der Waals surface area contributed by atoms with E-state index in [1.54, 1.807) is 0 Å². The Morgan fingerprint density at radius 2 is 0.628 bits per heavy atom. The summed E-state index contributed by atoms with van der Waals surface area (Å²) in [6.45, 7) is 0. The first-order valence-electron chi connectivity index (χ1n) is 13.9. The summed E-state index contributed by atoms with van der Waals surface area (Å²) in [5.41, 5.74) is 0. The van der Waals surface area contributed by atoms with E-state index in [4.69, 9.17) is 0 Å². The summed E-state index contributed by atoms with van der Waals surface area (Å²) in [5.74, 6) is -6.04. The molecule has 4 aromatic rings. The Morgan fingerprint density at radius 1 is 0.395 bits per heavy atom. The molecule has 2 aliphatic carbocycles. The minimum atomic E-state index is -1.61. The molecule has 6 rings (SSSR count). The average Bonchev–Trinajstić information content (AvgIpc) is 3.50. The van der Waals surface area contributed by atoms with Crippen LogP contribution in [0.2, 0.25) is 0 Å². The van der Waals surface area contributed by atoms with Gasteiger partial charge < -0.3 is 0 Å². The van der Waals surface area contributed by atoms with Gasteiger partial charge in [-0.3, -0.25) is 0 Å². The van der Waals surface area contributed by atoms with Crippen molar-refractivity contribution >= 4 is 37.1 Å². The summed E-state index contributed by atoms with van der Waals surface area (Å²) in [4.78, 5) is 0. The van der Waals surface area contributed by atoms with Crippen molar-refractivity contribution in [3.05, 3.63) is 119 Å². The fourth-order valence-corrected chi connectivity index (χ4v) is 12.7. The van der Waals surface area contributed by atoms with Crippen LogP contribution in [0.1, 0.15) is 19.3 Å². The zero-order chi connectivity index (χ0) is 30.4. The number of hydrogen-bond acceptors (Lipinski definition) is 0. The fraction of sp³-hybridized carbons (Fsp3) is 0.273. The van der Waals surface area contributed by atoms with Crippen LogP contribution in [-0.2, 0) is 0 Å². The maximum Gasteiger partial charge on any atom is 0.126 e. The molecule has 43 heavy (non-hydrogen) atoms. The smallest absolute Gasteiger partial charge is 0.126 e. The van der Waals surface area contributed by atoms with Crippen molar-refractivity contribution in [2.45, 2.75) is 19.3 Å².